The van der Waals surface area contributed by atoms with Gasteiger partial charge in [-0.2, -0.15) is 0 Å². The van der Waals surface area contributed by atoms with Crippen molar-refractivity contribution in [2.45, 2.75) is 19.0 Å². The lowest BCUT2D eigenvalue weighted by Crippen LogP contribution is -2.15. The minimum absolute atomic E-state index is 0.109. The highest BCUT2D eigenvalue weighted by Gasteiger charge is 2.12. The number of aryl methyl sites for hydroxylation is 2. The average Bonchev–Trinajstić information content (AvgIpc) is 3.06. The van der Waals surface area contributed by atoms with Crippen molar-refractivity contribution >= 4 is 23.4 Å². The molecule has 1 heterocycles. The Balaban J connectivity index is 1.68. The lowest BCUT2D eigenvalue weighted by molar-refractivity contribution is -0.113. The van der Waals surface area contributed by atoms with Gasteiger partial charge in [0.05, 0.1) is 11.4 Å². The van der Waals surface area contributed by atoms with Crippen LogP contribution in [0.15, 0.2) is 53.9 Å². The molecule has 0 saturated heterocycles. The second-order valence-electron chi connectivity index (χ2n) is 5.57. The first-order valence-electron chi connectivity index (χ1n) is 7.69. The number of nitrogens with one attached hydrogen (secondary N) is 1. The summed E-state index contributed by atoms with van der Waals surface area (Å²) in [5.41, 5.74) is 3.48. The van der Waals surface area contributed by atoms with E-state index in [1.165, 1.54) is 35.0 Å². The SMILES string of the molecule is Cc1ccc(-n2cnnc2SCC(=O)Nc2ccccc2F)cc1C. The van der Waals surface area contributed by atoms with Gasteiger partial charge < -0.3 is 5.32 Å². The first-order valence-corrected chi connectivity index (χ1v) is 8.68. The molecule has 3 aromatic rings. The molecule has 128 valence electrons. The highest BCUT2D eigenvalue weighted by atomic mass is 32.2. The van der Waals surface area contributed by atoms with E-state index in [0.29, 0.717) is 5.16 Å². The molecule has 0 radical (unpaired) electrons. The van der Waals surface area contributed by atoms with E-state index < -0.39 is 5.82 Å². The van der Waals surface area contributed by atoms with Crippen LogP contribution in [-0.4, -0.2) is 26.4 Å². The van der Waals surface area contributed by atoms with E-state index in [4.69, 9.17) is 0 Å². The molecule has 0 aliphatic carbocycles. The van der Waals surface area contributed by atoms with Gasteiger partial charge in [0.1, 0.15) is 12.1 Å². The lowest BCUT2D eigenvalue weighted by atomic mass is 10.1. The number of benzene rings is 2. The Hall–Kier alpha value is -2.67. The smallest absolute Gasteiger partial charge is 0.234 e. The van der Waals surface area contributed by atoms with E-state index in [1.54, 1.807) is 18.5 Å². The van der Waals surface area contributed by atoms with Gasteiger partial charge in [0.25, 0.3) is 0 Å². The Morgan fingerprint density at radius 3 is 2.76 bits per heavy atom. The summed E-state index contributed by atoms with van der Waals surface area (Å²) in [6.07, 6.45) is 1.61. The molecule has 0 bridgehead atoms. The van der Waals surface area contributed by atoms with E-state index >= 15 is 0 Å². The number of para-hydroxylation sites is 1. The number of anilines is 1. The Kier molecular flexibility index (Phi) is 5.14. The Labute approximate surface area is 149 Å². The van der Waals surface area contributed by atoms with Gasteiger partial charge in [-0.25, -0.2) is 4.39 Å². The monoisotopic (exact) mass is 356 g/mol. The maximum Gasteiger partial charge on any atom is 0.234 e. The Morgan fingerprint density at radius 2 is 2.00 bits per heavy atom. The number of carbonyl (C=O) groups is 1. The molecule has 0 fully saturated rings. The summed E-state index contributed by atoms with van der Waals surface area (Å²) in [6, 6.07) is 12.1. The van der Waals surface area contributed by atoms with Crippen LogP contribution < -0.4 is 5.32 Å². The molecule has 1 aromatic heterocycles. The standard InChI is InChI=1S/C18H17FN4OS/c1-12-7-8-14(9-13(12)2)23-11-20-22-18(23)25-10-17(24)21-16-6-4-3-5-15(16)19/h3-9,11H,10H2,1-2H3,(H,21,24). The van der Waals surface area contributed by atoms with Gasteiger partial charge >= 0.3 is 0 Å². The molecule has 0 unspecified atom stereocenters. The van der Waals surface area contributed by atoms with Gasteiger partial charge in [-0.05, 0) is 49.2 Å². The summed E-state index contributed by atoms with van der Waals surface area (Å²) in [5.74, 6) is -0.651. The fourth-order valence-corrected chi connectivity index (χ4v) is 2.98. The van der Waals surface area contributed by atoms with Crippen molar-refractivity contribution in [3.8, 4) is 5.69 Å². The minimum Gasteiger partial charge on any atom is -0.323 e. The van der Waals surface area contributed by atoms with Crippen LogP contribution >= 0.6 is 11.8 Å². The zero-order chi connectivity index (χ0) is 17.8. The van der Waals surface area contributed by atoms with E-state index in [2.05, 4.69) is 15.5 Å². The molecule has 7 heteroatoms. The summed E-state index contributed by atoms with van der Waals surface area (Å²) in [5, 5.41) is 11.2. The van der Waals surface area contributed by atoms with Gasteiger partial charge in [0, 0.05) is 5.69 Å². The average molecular weight is 356 g/mol. The van der Waals surface area contributed by atoms with Gasteiger partial charge in [-0.3, -0.25) is 9.36 Å². The molecule has 0 saturated carbocycles. The summed E-state index contributed by atoms with van der Waals surface area (Å²) >= 11 is 1.25. The van der Waals surface area contributed by atoms with E-state index in [-0.39, 0.29) is 17.3 Å². The van der Waals surface area contributed by atoms with Crippen LogP contribution in [-0.2, 0) is 4.79 Å². The van der Waals surface area contributed by atoms with E-state index in [1.807, 2.05) is 36.6 Å². The van der Waals surface area contributed by atoms with Crippen LogP contribution in [0.2, 0.25) is 0 Å². The third-order valence-corrected chi connectivity index (χ3v) is 4.71. The number of carbonyl (C=O) groups excluding carboxylic acids is 1. The largest absolute Gasteiger partial charge is 0.323 e. The van der Waals surface area contributed by atoms with Crippen molar-refractivity contribution in [2.75, 3.05) is 11.1 Å². The molecule has 3 rings (SSSR count). The summed E-state index contributed by atoms with van der Waals surface area (Å²) in [6.45, 7) is 4.09. The predicted octanol–water partition coefficient (Wildman–Crippen LogP) is 3.75. The van der Waals surface area contributed by atoms with Crippen LogP contribution in [0.4, 0.5) is 10.1 Å². The van der Waals surface area contributed by atoms with Crippen molar-refractivity contribution in [1.82, 2.24) is 14.8 Å². The molecular formula is C18H17FN4OS. The van der Waals surface area contributed by atoms with Crippen molar-refractivity contribution < 1.29 is 9.18 Å². The summed E-state index contributed by atoms with van der Waals surface area (Å²) in [4.78, 5) is 12.1. The zero-order valence-electron chi connectivity index (χ0n) is 13.9. The van der Waals surface area contributed by atoms with Gasteiger partial charge in [-0.15, -0.1) is 10.2 Å². The van der Waals surface area contributed by atoms with Crippen LogP contribution in [0.5, 0.6) is 0 Å². The number of halogens is 1. The molecule has 1 N–H and O–H groups in total. The zero-order valence-corrected chi connectivity index (χ0v) is 14.7. The number of thioether (sulfide) groups is 1. The molecule has 5 nitrogen and oxygen atoms in total. The summed E-state index contributed by atoms with van der Waals surface area (Å²) in [7, 11) is 0. The van der Waals surface area contributed by atoms with Gasteiger partial charge in [0.15, 0.2) is 5.16 Å². The fourth-order valence-electron chi connectivity index (χ4n) is 2.25. The van der Waals surface area contributed by atoms with Crippen molar-refractivity contribution in [3.05, 3.63) is 65.7 Å². The van der Waals surface area contributed by atoms with E-state index in [9.17, 15) is 9.18 Å². The topological polar surface area (TPSA) is 59.8 Å². The highest BCUT2D eigenvalue weighted by molar-refractivity contribution is 7.99. The summed E-state index contributed by atoms with van der Waals surface area (Å²) < 4.78 is 15.4. The maximum atomic E-state index is 13.6. The first kappa shape index (κ1) is 17.2. The molecule has 25 heavy (non-hydrogen) atoms. The number of aromatic nitrogens is 3. The van der Waals surface area contributed by atoms with Gasteiger partial charge in [0.2, 0.25) is 5.91 Å². The van der Waals surface area contributed by atoms with Crippen molar-refractivity contribution in [1.29, 1.82) is 0 Å². The number of hydrogen-bond acceptors (Lipinski definition) is 4. The number of hydrogen-bond donors (Lipinski definition) is 1. The van der Waals surface area contributed by atoms with Crippen LogP contribution in [0.3, 0.4) is 0 Å². The fraction of sp³-hybridized carbons (Fsp3) is 0.167. The molecule has 0 aliphatic heterocycles. The second-order valence-corrected chi connectivity index (χ2v) is 6.51. The normalized spacial score (nSPS) is 10.7. The minimum atomic E-state index is -0.459. The van der Waals surface area contributed by atoms with Gasteiger partial charge in [-0.1, -0.05) is 30.0 Å². The van der Waals surface area contributed by atoms with Crippen molar-refractivity contribution in [3.63, 3.8) is 0 Å². The highest BCUT2D eigenvalue weighted by Crippen LogP contribution is 2.22. The van der Waals surface area contributed by atoms with Crippen molar-refractivity contribution in [2.24, 2.45) is 0 Å². The molecule has 2 aromatic carbocycles. The number of amides is 1. The lowest BCUT2D eigenvalue weighted by Gasteiger charge is -2.09. The first-order chi connectivity index (χ1) is 12.0. The van der Waals surface area contributed by atoms with Crippen LogP contribution in [0.25, 0.3) is 5.69 Å². The Bertz CT molecular complexity index is 910. The second kappa shape index (κ2) is 7.48. The quantitative estimate of drug-likeness (QED) is 0.707. The predicted molar refractivity (Wildman–Crippen MR) is 96.6 cm³/mol. The third kappa shape index (κ3) is 4.06. The van der Waals surface area contributed by atoms with E-state index in [0.717, 1.165) is 5.69 Å². The third-order valence-electron chi connectivity index (χ3n) is 3.77. The molecule has 0 aliphatic rings. The number of nitrogens with zero attached hydrogens (tertiary/aromatic N) is 3. The van der Waals surface area contributed by atoms with Crippen LogP contribution in [0.1, 0.15) is 11.1 Å². The molecular weight excluding hydrogens is 339 g/mol. The molecule has 0 atom stereocenters. The maximum absolute atomic E-state index is 13.6. The molecule has 1 amide bonds. The number of rotatable bonds is 5. The Morgan fingerprint density at radius 1 is 1.20 bits per heavy atom. The van der Waals surface area contributed by atoms with Crippen LogP contribution in [0, 0.1) is 19.7 Å². The molecule has 0 spiro atoms.